The fourth-order valence-corrected chi connectivity index (χ4v) is 3.20. The van der Waals surface area contributed by atoms with Gasteiger partial charge in [-0.15, -0.1) is 10.2 Å². The van der Waals surface area contributed by atoms with Crippen LogP contribution in [0, 0.1) is 5.92 Å². The number of rotatable bonds is 4. The SMILES string of the molecule is C[C@H]1CCCC[C@H]1NC(=O)Cn1nnc(-c2ccc(Br)cc2)n1. The van der Waals surface area contributed by atoms with E-state index < -0.39 is 0 Å². The zero-order valence-electron chi connectivity index (χ0n) is 13.1. The summed E-state index contributed by atoms with van der Waals surface area (Å²) >= 11 is 3.39. The second-order valence-corrected chi connectivity index (χ2v) is 7.00. The molecule has 2 atom stereocenters. The fraction of sp³-hybridized carbons (Fsp3) is 0.500. The number of nitrogens with one attached hydrogen (secondary N) is 1. The number of hydrogen-bond donors (Lipinski definition) is 1. The Hall–Kier alpha value is -1.76. The topological polar surface area (TPSA) is 72.7 Å². The lowest BCUT2D eigenvalue weighted by Crippen LogP contribution is -2.42. The molecule has 0 radical (unpaired) electrons. The summed E-state index contributed by atoms with van der Waals surface area (Å²) < 4.78 is 0.995. The Morgan fingerprint density at radius 3 is 2.78 bits per heavy atom. The molecule has 0 unspecified atom stereocenters. The van der Waals surface area contributed by atoms with E-state index in [-0.39, 0.29) is 18.5 Å². The van der Waals surface area contributed by atoms with Crippen LogP contribution in [0.4, 0.5) is 0 Å². The third kappa shape index (κ3) is 4.16. The number of amides is 1. The molecule has 122 valence electrons. The molecule has 0 aliphatic heterocycles. The molecule has 23 heavy (non-hydrogen) atoms. The smallest absolute Gasteiger partial charge is 0.243 e. The molecule has 2 aromatic rings. The van der Waals surface area contributed by atoms with E-state index in [1.54, 1.807) is 0 Å². The van der Waals surface area contributed by atoms with Crippen LogP contribution in [0.2, 0.25) is 0 Å². The second-order valence-electron chi connectivity index (χ2n) is 6.09. The van der Waals surface area contributed by atoms with E-state index in [0.29, 0.717) is 11.7 Å². The molecule has 1 fully saturated rings. The third-order valence-corrected chi connectivity index (χ3v) is 4.83. The fourth-order valence-electron chi connectivity index (χ4n) is 2.94. The molecule has 1 N–H and O–H groups in total. The van der Waals surface area contributed by atoms with E-state index in [1.807, 2.05) is 24.3 Å². The summed E-state index contributed by atoms with van der Waals surface area (Å²) in [5, 5.41) is 15.4. The van der Waals surface area contributed by atoms with Crippen molar-refractivity contribution in [3.8, 4) is 11.4 Å². The van der Waals surface area contributed by atoms with E-state index in [2.05, 4.69) is 43.6 Å². The van der Waals surface area contributed by atoms with Crippen LogP contribution in [0.1, 0.15) is 32.6 Å². The summed E-state index contributed by atoms with van der Waals surface area (Å²) in [4.78, 5) is 13.5. The maximum absolute atomic E-state index is 12.2. The van der Waals surface area contributed by atoms with Gasteiger partial charge in [0.1, 0.15) is 6.54 Å². The van der Waals surface area contributed by atoms with Crippen LogP contribution in [-0.4, -0.2) is 32.2 Å². The normalized spacial score (nSPS) is 21.1. The predicted molar refractivity (Wildman–Crippen MR) is 90.5 cm³/mol. The largest absolute Gasteiger partial charge is 0.351 e. The summed E-state index contributed by atoms with van der Waals surface area (Å²) in [6.45, 7) is 2.30. The van der Waals surface area contributed by atoms with Crippen LogP contribution in [0.15, 0.2) is 28.7 Å². The van der Waals surface area contributed by atoms with Gasteiger partial charge in [-0.25, -0.2) is 0 Å². The summed E-state index contributed by atoms with van der Waals surface area (Å²) in [5.41, 5.74) is 0.876. The highest BCUT2D eigenvalue weighted by Crippen LogP contribution is 2.23. The maximum atomic E-state index is 12.2. The van der Waals surface area contributed by atoms with Gasteiger partial charge in [-0.3, -0.25) is 4.79 Å². The molecule has 1 aromatic heterocycles. The Kier molecular flexibility index (Phi) is 5.05. The third-order valence-electron chi connectivity index (χ3n) is 4.30. The lowest BCUT2D eigenvalue weighted by atomic mass is 9.86. The van der Waals surface area contributed by atoms with Crippen molar-refractivity contribution in [3.63, 3.8) is 0 Å². The minimum atomic E-state index is -0.0523. The highest BCUT2D eigenvalue weighted by atomic mass is 79.9. The van der Waals surface area contributed by atoms with E-state index >= 15 is 0 Å². The van der Waals surface area contributed by atoms with Crippen molar-refractivity contribution in [1.82, 2.24) is 25.5 Å². The lowest BCUT2D eigenvalue weighted by Gasteiger charge is -2.29. The molecule has 1 amide bonds. The average molecular weight is 378 g/mol. The van der Waals surface area contributed by atoms with Crippen molar-refractivity contribution in [1.29, 1.82) is 0 Å². The molecule has 1 saturated carbocycles. The minimum absolute atomic E-state index is 0.0523. The summed E-state index contributed by atoms with van der Waals surface area (Å²) in [6.07, 6.45) is 4.68. The molecule has 0 bridgehead atoms. The zero-order chi connectivity index (χ0) is 16.2. The Bertz CT molecular complexity index is 669. The van der Waals surface area contributed by atoms with E-state index in [1.165, 1.54) is 24.1 Å². The Morgan fingerprint density at radius 1 is 1.30 bits per heavy atom. The predicted octanol–water partition coefficient (Wildman–Crippen LogP) is 2.80. The number of aromatic nitrogens is 4. The van der Waals surface area contributed by atoms with Crippen LogP contribution >= 0.6 is 15.9 Å². The van der Waals surface area contributed by atoms with Gasteiger partial charge in [-0.2, -0.15) is 4.80 Å². The molecule has 6 nitrogen and oxygen atoms in total. The lowest BCUT2D eigenvalue weighted by molar-refractivity contribution is -0.123. The van der Waals surface area contributed by atoms with Crippen LogP contribution < -0.4 is 5.32 Å². The number of hydrogen-bond acceptors (Lipinski definition) is 4. The molecule has 1 aliphatic rings. The van der Waals surface area contributed by atoms with Crippen LogP contribution in [0.5, 0.6) is 0 Å². The summed E-state index contributed by atoms with van der Waals surface area (Å²) in [7, 11) is 0. The Balaban J connectivity index is 1.60. The van der Waals surface area contributed by atoms with Gasteiger partial charge in [-0.1, -0.05) is 35.7 Å². The van der Waals surface area contributed by atoms with Crippen LogP contribution in [0.3, 0.4) is 0 Å². The van der Waals surface area contributed by atoms with Crippen molar-refractivity contribution in [2.75, 3.05) is 0 Å². The number of carbonyl (C=O) groups excluding carboxylic acids is 1. The van der Waals surface area contributed by atoms with Crippen molar-refractivity contribution >= 4 is 21.8 Å². The summed E-state index contributed by atoms with van der Waals surface area (Å²) in [6, 6.07) is 7.94. The standard InChI is InChI=1S/C16H20BrN5O/c1-11-4-2-3-5-14(11)18-15(23)10-22-20-16(19-21-22)12-6-8-13(17)9-7-12/h6-9,11,14H,2-5,10H2,1H3,(H,18,23)/t11-,14+/m0/s1. The average Bonchev–Trinajstić information content (AvgIpc) is 2.98. The van der Waals surface area contributed by atoms with Gasteiger partial charge in [0.25, 0.3) is 0 Å². The van der Waals surface area contributed by atoms with Gasteiger partial charge in [0.2, 0.25) is 11.7 Å². The molecule has 1 aliphatic carbocycles. The van der Waals surface area contributed by atoms with Gasteiger partial charge < -0.3 is 5.32 Å². The van der Waals surface area contributed by atoms with Gasteiger partial charge in [-0.05, 0) is 48.2 Å². The molecule has 0 spiro atoms. The van der Waals surface area contributed by atoms with Crippen molar-refractivity contribution in [3.05, 3.63) is 28.7 Å². The van der Waals surface area contributed by atoms with E-state index in [0.717, 1.165) is 16.5 Å². The summed E-state index contributed by atoms with van der Waals surface area (Å²) in [5.74, 6) is 1.01. The second kappa shape index (κ2) is 7.21. The minimum Gasteiger partial charge on any atom is -0.351 e. The first-order valence-corrected chi connectivity index (χ1v) is 8.74. The van der Waals surface area contributed by atoms with Crippen molar-refractivity contribution in [2.24, 2.45) is 5.92 Å². The maximum Gasteiger partial charge on any atom is 0.243 e. The monoisotopic (exact) mass is 377 g/mol. The number of carbonyl (C=O) groups is 1. The van der Waals surface area contributed by atoms with Crippen LogP contribution in [-0.2, 0) is 11.3 Å². The quantitative estimate of drug-likeness (QED) is 0.888. The van der Waals surface area contributed by atoms with E-state index in [9.17, 15) is 4.79 Å². The van der Waals surface area contributed by atoms with Gasteiger partial charge in [0, 0.05) is 16.1 Å². The van der Waals surface area contributed by atoms with Crippen molar-refractivity contribution in [2.45, 2.75) is 45.2 Å². The number of halogens is 1. The van der Waals surface area contributed by atoms with Gasteiger partial charge >= 0.3 is 0 Å². The Morgan fingerprint density at radius 2 is 2.04 bits per heavy atom. The van der Waals surface area contributed by atoms with Crippen molar-refractivity contribution < 1.29 is 4.79 Å². The molecule has 7 heteroatoms. The highest BCUT2D eigenvalue weighted by Gasteiger charge is 2.23. The first-order valence-electron chi connectivity index (χ1n) is 7.95. The van der Waals surface area contributed by atoms with Gasteiger partial charge in [0.05, 0.1) is 0 Å². The number of nitrogens with zero attached hydrogens (tertiary/aromatic N) is 4. The molecule has 0 saturated heterocycles. The highest BCUT2D eigenvalue weighted by molar-refractivity contribution is 9.10. The Labute approximate surface area is 143 Å². The van der Waals surface area contributed by atoms with Gasteiger partial charge in [0.15, 0.2) is 0 Å². The molecular weight excluding hydrogens is 358 g/mol. The number of benzene rings is 1. The molecule has 3 rings (SSSR count). The molecular formula is C16H20BrN5O. The molecule has 1 aromatic carbocycles. The van der Waals surface area contributed by atoms with Crippen LogP contribution in [0.25, 0.3) is 11.4 Å². The first-order chi connectivity index (χ1) is 11.1. The number of tetrazole rings is 1. The van der Waals surface area contributed by atoms with E-state index in [4.69, 9.17) is 0 Å². The zero-order valence-corrected chi connectivity index (χ0v) is 14.7. The molecule has 1 heterocycles. The first kappa shape index (κ1) is 16.1.